The van der Waals surface area contributed by atoms with Crippen molar-refractivity contribution in [3.63, 3.8) is 0 Å². The van der Waals surface area contributed by atoms with Crippen LogP contribution in [0, 0.1) is 5.92 Å². The van der Waals surface area contributed by atoms with Gasteiger partial charge in [-0.15, -0.1) is 11.3 Å². The normalized spacial score (nSPS) is 14.1. The number of nitrogens with zero attached hydrogens (tertiary/aromatic N) is 6. The molecule has 0 saturated heterocycles. The Kier molecular flexibility index (Phi) is 3.68. The number of carbonyl (C=O) groups excluding carboxylic acids is 1. The molecule has 168 valence electrons. The molecule has 3 aliphatic rings. The Bertz CT molecular complexity index is 2010. The molecular weight excluding hydrogens is 460 g/mol. The highest BCUT2D eigenvalue weighted by Gasteiger charge is 2.31. The fourth-order valence-electron chi connectivity index (χ4n) is 4.62. The molecule has 0 radical (unpaired) electrons. The minimum Gasteiger partial charge on any atom is -0.295 e. The van der Waals surface area contributed by atoms with E-state index in [2.05, 4.69) is 25.1 Å². The van der Waals surface area contributed by atoms with Crippen molar-refractivity contribution >= 4 is 70.9 Å². The molecule has 1 fully saturated rings. The summed E-state index contributed by atoms with van der Waals surface area (Å²) in [7, 11) is 0. The van der Waals surface area contributed by atoms with E-state index in [9.17, 15) is 4.79 Å². The van der Waals surface area contributed by atoms with Gasteiger partial charge in [-0.3, -0.25) is 29.5 Å². The van der Waals surface area contributed by atoms with Gasteiger partial charge in [0.05, 0.1) is 21.9 Å². The minimum absolute atomic E-state index is 0.0484. The van der Waals surface area contributed by atoms with Crippen LogP contribution in [0.5, 0.6) is 0 Å². The first-order chi connectivity index (χ1) is 17.2. The van der Waals surface area contributed by atoms with E-state index in [0.29, 0.717) is 11.3 Å². The van der Waals surface area contributed by atoms with Gasteiger partial charge in [-0.25, -0.2) is 15.0 Å². The number of hydrogen-bond donors (Lipinski definition) is 2. The van der Waals surface area contributed by atoms with E-state index < -0.39 is 0 Å². The number of thiophene rings is 1. The first-order valence-corrected chi connectivity index (χ1v) is 12.1. The molecule has 0 spiro atoms. The van der Waals surface area contributed by atoms with Crippen LogP contribution in [0.1, 0.15) is 17.6 Å². The lowest BCUT2D eigenvalue weighted by Gasteiger charge is -2.07. The van der Waals surface area contributed by atoms with Gasteiger partial charge in [0.1, 0.15) is 21.6 Å². The molecule has 0 atom stereocenters. The van der Waals surface area contributed by atoms with Crippen LogP contribution in [0.4, 0.5) is 0 Å². The third kappa shape index (κ3) is 2.80. The van der Waals surface area contributed by atoms with E-state index in [1.807, 2.05) is 30.3 Å². The van der Waals surface area contributed by atoms with Gasteiger partial charge in [-0.05, 0) is 43.2 Å². The summed E-state index contributed by atoms with van der Waals surface area (Å²) in [6.07, 6.45) is 8.93. The van der Waals surface area contributed by atoms with Crippen LogP contribution in [-0.4, -0.2) is 45.6 Å². The second-order valence-electron chi connectivity index (χ2n) is 8.84. The number of nitrogens with one attached hydrogen (secondary N) is 2. The lowest BCUT2D eigenvalue weighted by molar-refractivity contribution is 0.0896. The number of aromatic amines is 2. The Morgan fingerprint density at radius 3 is 2.80 bits per heavy atom. The predicted octanol–water partition coefficient (Wildman–Crippen LogP) is 5.23. The van der Waals surface area contributed by atoms with Gasteiger partial charge in [-0.1, -0.05) is 0 Å². The average Bonchev–Trinajstić information content (AvgIpc) is 3.26. The van der Waals surface area contributed by atoms with Crippen molar-refractivity contribution < 1.29 is 4.79 Å². The summed E-state index contributed by atoms with van der Waals surface area (Å²) in [5.74, 6) is 0.145. The first kappa shape index (κ1) is 18.9. The van der Waals surface area contributed by atoms with Crippen LogP contribution in [0.2, 0.25) is 0 Å². The van der Waals surface area contributed by atoms with Gasteiger partial charge in [0, 0.05) is 40.8 Å². The number of imidazole rings is 1. The second kappa shape index (κ2) is 6.80. The van der Waals surface area contributed by atoms with Crippen LogP contribution in [0.15, 0.2) is 55.1 Å². The maximum Gasteiger partial charge on any atom is 0.235 e. The van der Waals surface area contributed by atoms with Crippen molar-refractivity contribution in [2.75, 3.05) is 0 Å². The maximum absolute atomic E-state index is 13.5. The molecule has 0 amide bonds. The van der Waals surface area contributed by atoms with Gasteiger partial charge in [0.15, 0.2) is 11.3 Å². The SMILES string of the molecule is O=C(C1CC1)n1c2cncc(c2)c2cnc3[nH][nH]c(c4nc5ccnc(c6ccc1s6)c5n4)-c3c2. The van der Waals surface area contributed by atoms with E-state index in [0.717, 1.165) is 66.5 Å². The summed E-state index contributed by atoms with van der Waals surface area (Å²) in [5.41, 5.74) is 5.88. The average molecular weight is 477 g/mol. The summed E-state index contributed by atoms with van der Waals surface area (Å²) in [6, 6.07) is 9.88. The number of aromatic nitrogens is 8. The third-order valence-corrected chi connectivity index (χ3v) is 7.62. The summed E-state index contributed by atoms with van der Waals surface area (Å²) in [5, 5.41) is 8.07. The van der Waals surface area contributed by atoms with E-state index in [1.165, 1.54) is 11.3 Å². The molecule has 0 aromatic carbocycles. The highest BCUT2D eigenvalue weighted by atomic mass is 32.1. The van der Waals surface area contributed by atoms with Gasteiger partial charge >= 0.3 is 0 Å². The Morgan fingerprint density at radius 2 is 1.89 bits per heavy atom. The summed E-state index contributed by atoms with van der Waals surface area (Å²) >= 11 is 1.52. The zero-order valence-corrected chi connectivity index (χ0v) is 19.0. The van der Waals surface area contributed by atoms with Gasteiger partial charge in [0.25, 0.3) is 0 Å². The highest BCUT2D eigenvalue weighted by Crippen LogP contribution is 2.35. The Hall–Kier alpha value is -4.44. The molecule has 0 unspecified atom stereocenters. The summed E-state index contributed by atoms with van der Waals surface area (Å²) in [4.78, 5) is 37.7. The van der Waals surface area contributed by atoms with Crippen LogP contribution in [-0.2, 0) is 0 Å². The Morgan fingerprint density at radius 1 is 0.971 bits per heavy atom. The Labute approximate surface area is 200 Å². The first-order valence-electron chi connectivity index (χ1n) is 11.3. The quantitative estimate of drug-likeness (QED) is 0.335. The molecule has 1 saturated carbocycles. The van der Waals surface area contributed by atoms with Crippen molar-refractivity contribution in [2.24, 2.45) is 5.92 Å². The van der Waals surface area contributed by atoms with Crippen molar-refractivity contribution in [2.45, 2.75) is 12.8 Å². The fraction of sp³-hybridized carbons (Fsp3) is 0.120. The Balaban J connectivity index is 1.61. The topological polar surface area (TPSA) is 118 Å². The van der Waals surface area contributed by atoms with E-state index in [-0.39, 0.29) is 11.8 Å². The van der Waals surface area contributed by atoms with Crippen molar-refractivity contribution in [1.29, 1.82) is 0 Å². The molecule has 8 bridgehead atoms. The predicted molar refractivity (Wildman–Crippen MR) is 135 cm³/mol. The van der Waals surface area contributed by atoms with Crippen LogP contribution >= 0.6 is 11.3 Å². The summed E-state index contributed by atoms with van der Waals surface area (Å²) < 4.78 is 2.72. The highest BCUT2D eigenvalue weighted by molar-refractivity contribution is 7.24. The molecule has 1 aliphatic carbocycles. The lowest BCUT2D eigenvalue weighted by atomic mass is 10.1. The number of hydrogen-bond acceptors (Lipinski definition) is 7. The van der Waals surface area contributed by atoms with Crippen LogP contribution < -0.4 is 0 Å². The van der Waals surface area contributed by atoms with E-state index in [1.54, 1.807) is 29.4 Å². The van der Waals surface area contributed by atoms with Gasteiger partial charge < -0.3 is 0 Å². The van der Waals surface area contributed by atoms with Gasteiger partial charge in [-0.2, -0.15) is 0 Å². The molecule has 8 rings (SSSR count). The standard InChI is InChI=1S/C25H16N8OS/c34-25(12-1-2-12)33-15-7-13(9-26-11-15)14-8-16-20(31-32-23(16)28-10-14)24-29-17-5-6-27-22(21(17)30-24)18-3-4-19(33)35-18/h3-12,31H,1-2H2,(H,28,32). The largest absolute Gasteiger partial charge is 0.295 e. The minimum atomic E-state index is 0.0484. The van der Waals surface area contributed by atoms with Crippen LogP contribution in [0.3, 0.4) is 0 Å². The smallest absolute Gasteiger partial charge is 0.235 e. The second-order valence-corrected chi connectivity index (χ2v) is 9.90. The van der Waals surface area contributed by atoms with Crippen molar-refractivity contribution in [1.82, 2.24) is 39.7 Å². The number of carbonyl (C=O) groups is 1. The maximum atomic E-state index is 13.5. The number of pyridine rings is 3. The molecular formula is C25H16N8OS. The molecule has 35 heavy (non-hydrogen) atoms. The molecule has 7 heterocycles. The van der Waals surface area contributed by atoms with E-state index >= 15 is 0 Å². The van der Waals surface area contributed by atoms with Crippen LogP contribution in [0.25, 0.3) is 64.9 Å². The monoisotopic (exact) mass is 476 g/mol. The lowest BCUT2D eigenvalue weighted by Crippen LogP contribution is -2.12. The molecule has 5 aromatic heterocycles. The number of H-pyrrole nitrogens is 2. The zero-order chi connectivity index (χ0) is 23.1. The number of rotatable bonds is 1. The van der Waals surface area contributed by atoms with Crippen molar-refractivity contribution in [3.8, 4) is 11.3 Å². The molecule has 2 N–H and O–H groups in total. The molecule has 2 aliphatic heterocycles. The van der Waals surface area contributed by atoms with Gasteiger partial charge in [0.2, 0.25) is 5.91 Å². The zero-order valence-electron chi connectivity index (χ0n) is 18.2. The van der Waals surface area contributed by atoms with Crippen molar-refractivity contribution in [3.05, 3.63) is 55.1 Å². The molecule has 9 nitrogen and oxygen atoms in total. The van der Waals surface area contributed by atoms with E-state index in [4.69, 9.17) is 9.97 Å². The number of fused-ring (bicyclic) bond motifs is 9. The third-order valence-electron chi connectivity index (χ3n) is 6.54. The fourth-order valence-corrected chi connectivity index (χ4v) is 5.65. The molecule has 10 heteroatoms. The summed E-state index contributed by atoms with van der Waals surface area (Å²) in [6.45, 7) is 0. The molecule has 5 aromatic rings.